The lowest BCUT2D eigenvalue weighted by atomic mass is 10.1. The van der Waals surface area contributed by atoms with Crippen LogP contribution in [0.3, 0.4) is 0 Å². The Hall–Kier alpha value is -2.15. The number of hydrogen-bond donors (Lipinski definition) is 1. The third-order valence-electron chi connectivity index (χ3n) is 6.10. The predicted molar refractivity (Wildman–Crippen MR) is 119 cm³/mol. The van der Waals surface area contributed by atoms with Crippen molar-refractivity contribution < 1.29 is 9.18 Å². The van der Waals surface area contributed by atoms with Crippen LogP contribution in [0, 0.1) is 11.7 Å². The molecule has 2 aliphatic rings. The molecule has 1 N–H and O–H groups in total. The van der Waals surface area contributed by atoms with E-state index in [-0.39, 0.29) is 11.7 Å². The average molecular weight is 418 g/mol. The minimum atomic E-state index is -0.216. The summed E-state index contributed by atoms with van der Waals surface area (Å²) in [6.45, 7) is 8.67. The normalized spacial score (nSPS) is 18.6. The fraction of sp³-hybridized carbons (Fsp3) is 0.652. The Morgan fingerprint density at radius 3 is 2.47 bits per heavy atom. The second-order valence-electron chi connectivity index (χ2n) is 8.37. The Labute approximate surface area is 180 Å². The van der Waals surface area contributed by atoms with Crippen LogP contribution >= 0.6 is 0 Å². The van der Waals surface area contributed by atoms with Crippen molar-refractivity contribution >= 4 is 11.9 Å². The predicted octanol–water partition coefficient (Wildman–Crippen LogP) is 2.56. The summed E-state index contributed by atoms with van der Waals surface area (Å²) in [7, 11) is 2.00. The van der Waals surface area contributed by atoms with E-state index in [0.29, 0.717) is 19.0 Å². The molecule has 2 fully saturated rings. The highest BCUT2D eigenvalue weighted by atomic mass is 19.1. The topological polar surface area (TPSA) is 51.2 Å². The first-order valence-electron chi connectivity index (χ1n) is 11.3. The minimum Gasteiger partial charge on any atom is -0.357 e. The average Bonchev–Trinajstić information content (AvgIpc) is 3.29. The highest BCUT2D eigenvalue weighted by molar-refractivity contribution is 5.80. The van der Waals surface area contributed by atoms with Crippen molar-refractivity contribution in [3.05, 3.63) is 35.6 Å². The molecule has 0 atom stereocenters. The van der Waals surface area contributed by atoms with E-state index >= 15 is 0 Å². The molecule has 0 aromatic heterocycles. The molecule has 1 amide bonds. The molecular formula is C23H36FN5O. The van der Waals surface area contributed by atoms with Gasteiger partial charge in [0.25, 0.3) is 0 Å². The summed E-state index contributed by atoms with van der Waals surface area (Å²) in [6, 6.07) is 6.60. The Balaban J connectivity index is 1.44. The van der Waals surface area contributed by atoms with Gasteiger partial charge in [0.2, 0.25) is 5.91 Å². The van der Waals surface area contributed by atoms with Gasteiger partial charge in [0.15, 0.2) is 5.96 Å². The van der Waals surface area contributed by atoms with E-state index in [0.717, 1.165) is 63.6 Å². The van der Waals surface area contributed by atoms with Crippen LogP contribution in [0.2, 0.25) is 0 Å². The van der Waals surface area contributed by atoms with E-state index in [4.69, 9.17) is 4.99 Å². The molecule has 0 unspecified atom stereocenters. The number of piperazine rings is 1. The number of carbonyl (C=O) groups is 1. The molecule has 0 spiro atoms. The molecule has 1 aromatic rings. The Morgan fingerprint density at radius 1 is 1.17 bits per heavy atom. The quantitative estimate of drug-likeness (QED) is 0.547. The molecule has 0 radical (unpaired) electrons. The zero-order valence-corrected chi connectivity index (χ0v) is 18.4. The summed E-state index contributed by atoms with van der Waals surface area (Å²) in [4.78, 5) is 23.9. The van der Waals surface area contributed by atoms with E-state index in [2.05, 4.69) is 26.9 Å². The lowest BCUT2D eigenvalue weighted by Crippen LogP contribution is -2.50. The number of halogens is 1. The molecule has 1 aliphatic heterocycles. The van der Waals surface area contributed by atoms with Gasteiger partial charge in [-0.15, -0.1) is 0 Å². The van der Waals surface area contributed by atoms with Crippen molar-refractivity contribution in [3.63, 3.8) is 0 Å². The van der Waals surface area contributed by atoms with E-state index in [1.165, 1.54) is 25.0 Å². The van der Waals surface area contributed by atoms with Crippen LogP contribution in [0.15, 0.2) is 29.3 Å². The number of rotatable bonds is 7. The number of carbonyl (C=O) groups excluding carboxylic acids is 1. The molecule has 30 heavy (non-hydrogen) atoms. The summed E-state index contributed by atoms with van der Waals surface area (Å²) in [6.07, 6.45) is 4.56. The maximum atomic E-state index is 13.1. The third kappa shape index (κ3) is 6.42. The SMILES string of the molecule is CCNC(=NCCN1CCN(C(=O)C2CCCC2)CC1)N(C)Cc1ccc(F)cc1. The number of amides is 1. The standard InChI is InChI=1S/C23H36FN5O/c1-3-25-23(27(2)18-19-8-10-21(24)11-9-19)26-12-13-28-14-16-29(17-15-28)22(30)20-6-4-5-7-20/h8-11,20H,3-7,12-18H2,1-2H3,(H,25,26). The van der Waals surface area contributed by atoms with Crippen molar-refractivity contribution in [2.45, 2.75) is 39.2 Å². The van der Waals surface area contributed by atoms with Gasteiger partial charge in [-0.2, -0.15) is 0 Å². The summed E-state index contributed by atoms with van der Waals surface area (Å²) >= 11 is 0. The van der Waals surface area contributed by atoms with E-state index < -0.39 is 0 Å². The number of hydrogen-bond acceptors (Lipinski definition) is 3. The van der Waals surface area contributed by atoms with Gasteiger partial charge in [0, 0.05) is 58.8 Å². The van der Waals surface area contributed by atoms with E-state index in [9.17, 15) is 9.18 Å². The summed E-state index contributed by atoms with van der Waals surface area (Å²) in [5.41, 5.74) is 1.05. The largest absolute Gasteiger partial charge is 0.357 e. The second-order valence-corrected chi connectivity index (χ2v) is 8.37. The van der Waals surface area contributed by atoms with Crippen LogP contribution < -0.4 is 5.32 Å². The van der Waals surface area contributed by atoms with Gasteiger partial charge < -0.3 is 15.1 Å². The maximum absolute atomic E-state index is 13.1. The van der Waals surface area contributed by atoms with Crippen molar-refractivity contribution in [1.82, 2.24) is 20.0 Å². The number of nitrogens with zero attached hydrogens (tertiary/aromatic N) is 4. The lowest BCUT2D eigenvalue weighted by molar-refractivity contribution is -0.137. The summed E-state index contributed by atoms with van der Waals surface area (Å²) in [5.74, 6) is 1.30. The first-order chi connectivity index (χ1) is 14.6. The van der Waals surface area contributed by atoms with Gasteiger partial charge in [0.05, 0.1) is 6.54 Å². The van der Waals surface area contributed by atoms with Crippen LogP contribution in [0.4, 0.5) is 4.39 Å². The number of nitrogens with one attached hydrogen (secondary N) is 1. The van der Waals surface area contributed by atoms with Crippen LogP contribution in [0.5, 0.6) is 0 Å². The van der Waals surface area contributed by atoms with Gasteiger partial charge in [-0.05, 0) is 37.5 Å². The zero-order valence-electron chi connectivity index (χ0n) is 18.4. The second kappa shape index (κ2) is 11.3. The molecule has 1 aliphatic carbocycles. The zero-order chi connectivity index (χ0) is 21.3. The third-order valence-corrected chi connectivity index (χ3v) is 6.10. The van der Waals surface area contributed by atoms with Gasteiger partial charge in [-0.3, -0.25) is 14.7 Å². The molecule has 7 heteroatoms. The molecule has 0 bridgehead atoms. The number of benzene rings is 1. The minimum absolute atomic E-state index is 0.216. The van der Waals surface area contributed by atoms with Crippen molar-refractivity contribution in [2.75, 3.05) is 52.9 Å². The van der Waals surface area contributed by atoms with Gasteiger partial charge in [-0.25, -0.2) is 4.39 Å². The van der Waals surface area contributed by atoms with E-state index in [1.807, 2.05) is 19.2 Å². The molecule has 3 rings (SSSR count). The van der Waals surface area contributed by atoms with Crippen LogP contribution in [0.1, 0.15) is 38.2 Å². The van der Waals surface area contributed by atoms with Crippen molar-refractivity contribution in [2.24, 2.45) is 10.9 Å². The monoisotopic (exact) mass is 417 g/mol. The fourth-order valence-corrected chi connectivity index (χ4v) is 4.33. The molecule has 1 saturated heterocycles. The van der Waals surface area contributed by atoms with Gasteiger partial charge in [0.1, 0.15) is 5.82 Å². The highest BCUT2D eigenvalue weighted by Gasteiger charge is 2.29. The molecule has 1 heterocycles. The molecule has 1 aromatic carbocycles. The Bertz CT molecular complexity index is 694. The summed E-state index contributed by atoms with van der Waals surface area (Å²) in [5, 5.41) is 3.34. The first kappa shape index (κ1) is 22.5. The Morgan fingerprint density at radius 2 is 1.83 bits per heavy atom. The summed E-state index contributed by atoms with van der Waals surface area (Å²) < 4.78 is 13.1. The van der Waals surface area contributed by atoms with Gasteiger partial charge in [-0.1, -0.05) is 25.0 Å². The fourth-order valence-electron chi connectivity index (χ4n) is 4.33. The van der Waals surface area contributed by atoms with E-state index in [1.54, 1.807) is 0 Å². The van der Waals surface area contributed by atoms with Crippen molar-refractivity contribution in [3.8, 4) is 0 Å². The number of aliphatic imine (C=N–C) groups is 1. The van der Waals surface area contributed by atoms with Crippen LogP contribution in [-0.2, 0) is 11.3 Å². The first-order valence-corrected chi connectivity index (χ1v) is 11.3. The molecule has 6 nitrogen and oxygen atoms in total. The lowest BCUT2D eigenvalue weighted by Gasteiger charge is -2.35. The maximum Gasteiger partial charge on any atom is 0.225 e. The smallest absolute Gasteiger partial charge is 0.225 e. The molecular weight excluding hydrogens is 381 g/mol. The molecule has 1 saturated carbocycles. The Kier molecular flexibility index (Phi) is 8.49. The molecule has 166 valence electrons. The van der Waals surface area contributed by atoms with Crippen LogP contribution in [-0.4, -0.2) is 79.4 Å². The van der Waals surface area contributed by atoms with Gasteiger partial charge >= 0.3 is 0 Å². The highest BCUT2D eigenvalue weighted by Crippen LogP contribution is 2.26. The van der Waals surface area contributed by atoms with Crippen molar-refractivity contribution in [1.29, 1.82) is 0 Å². The number of guanidine groups is 1. The van der Waals surface area contributed by atoms with Crippen LogP contribution in [0.25, 0.3) is 0 Å².